The van der Waals surface area contributed by atoms with E-state index in [9.17, 15) is 24.0 Å². The van der Waals surface area contributed by atoms with Gasteiger partial charge in [-0.05, 0) is 55.8 Å². The number of hydrazine groups is 3. The standard InChI is InChI=1S/C27H48N10O5/c1-25(2,3)20(36(30)24(42)37(31)26(4,5)6)23(41)34-13-15-17(27(15,7)8)18(34)22(40)35(29)16(12-14-10-9-11-14)19(38)21(39)32-33-28/h14-18,20H,9-13,29-31H2,1-8H3,(H2,28,32,39)/t15-,16?,17-,18-,20+/m0/s1. The number of fused-ring (bicyclic) bond motifs is 1. The molecule has 15 nitrogen and oxygen atoms in total. The summed E-state index contributed by atoms with van der Waals surface area (Å²) < 4.78 is 0. The van der Waals surface area contributed by atoms with Crippen molar-refractivity contribution in [2.75, 3.05) is 6.54 Å². The van der Waals surface area contributed by atoms with Gasteiger partial charge in [-0.2, -0.15) is 0 Å². The van der Waals surface area contributed by atoms with Gasteiger partial charge in [-0.1, -0.05) is 64.2 Å². The number of rotatable bonds is 8. The van der Waals surface area contributed by atoms with Crippen molar-refractivity contribution in [2.24, 2.45) is 62.3 Å². The van der Waals surface area contributed by atoms with Crippen molar-refractivity contribution in [3.8, 4) is 0 Å². The van der Waals surface area contributed by atoms with Gasteiger partial charge in [0.25, 0.3) is 5.91 Å². The fraction of sp³-hybridized carbons (Fsp3) is 0.815. The number of ketones is 1. The molecule has 2 aliphatic carbocycles. The normalized spacial score (nSPS) is 24.8. The van der Waals surface area contributed by atoms with Crippen molar-refractivity contribution >= 4 is 29.5 Å². The van der Waals surface area contributed by atoms with Crippen LogP contribution >= 0.6 is 0 Å². The highest BCUT2D eigenvalue weighted by molar-refractivity contribution is 6.38. The first kappa shape index (κ1) is 33.3. The lowest BCUT2D eigenvalue weighted by molar-refractivity contribution is -0.155. The molecule has 3 aliphatic rings. The lowest BCUT2D eigenvalue weighted by Gasteiger charge is -2.43. The zero-order valence-electron chi connectivity index (χ0n) is 26.0. The van der Waals surface area contributed by atoms with Gasteiger partial charge < -0.3 is 10.7 Å². The molecule has 0 aromatic heterocycles. The van der Waals surface area contributed by atoms with Crippen LogP contribution in [0.5, 0.6) is 0 Å². The van der Waals surface area contributed by atoms with Crippen molar-refractivity contribution in [1.82, 2.24) is 19.9 Å². The zero-order chi connectivity index (χ0) is 32.1. The van der Waals surface area contributed by atoms with Crippen LogP contribution in [0.3, 0.4) is 0 Å². The van der Waals surface area contributed by atoms with E-state index in [1.807, 2.05) is 13.8 Å². The maximum absolute atomic E-state index is 14.3. The third kappa shape index (κ3) is 6.13. The largest absolute Gasteiger partial charge is 0.349 e. The van der Waals surface area contributed by atoms with Gasteiger partial charge >= 0.3 is 11.9 Å². The second-order valence-electron chi connectivity index (χ2n) is 14.6. The topological polar surface area (TPSA) is 227 Å². The number of hydrogen-bond donors (Lipinski definition) is 4. The van der Waals surface area contributed by atoms with E-state index in [0.29, 0.717) is 0 Å². The van der Waals surface area contributed by atoms with Gasteiger partial charge in [0, 0.05) is 6.54 Å². The highest BCUT2D eigenvalue weighted by Gasteiger charge is 2.70. The Morgan fingerprint density at radius 1 is 0.976 bits per heavy atom. The number of urea groups is 1. The van der Waals surface area contributed by atoms with E-state index in [1.165, 1.54) is 4.90 Å². The maximum Gasteiger partial charge on any atom is 0.349 e. The molecule has 0 bridgehead atoms. The summed E-state index contributed by atoms with van der Waals surface area (Å²) in [7, 11) is 0. The number of hydrogen-bond acceptors (Lipinski definition) is 9. The number of nitrogens with zero attached hydrogens (tertiary/aromatic N) is 6. The van der Waals surface area contributed by atoms with Gasteiger partial charge in [0.15, 0.2) is 0 Å². The summed E-state index contributed by atoms with van der Waals surface area (Å²) in [6.07, 6.45) is 2.83. The zero-order valence-corrected chi connectivity index (χ0v) is 26.0. The Bertz CT molecular complexity index is 1140. The van der Waals surface area contributed by atoms with Crippen LogP contribution in [-0.2, 0) is 19.2 Å². The molecule has 15 heteroatoms. The van der Waals surface area contributed by atoms with Gasteiger partial charge in [-0.3, -0.25) is 29.2 Å². The highest BCUT2D eigenvalue weighted by atomic mass is 16.2. The number of Topliss-reactive ketones (excluding diaryl/α,β-unsaturated/α-hetero) is 1. The van der Waals surface area contributed by atoms with Gasteiger partial charge in [0.05, 0.1) is 5.54 Å². The molecule has 5 amide bonds. The van der Waals surface area contributed by atoms with E-state index in [4.69, 9.17) is 23.4 Å². The van der Waals surface area contributed by atoms with Crippen LogP contribution in [0, 0.1) is 28.6 Å². The second kappa shape index (κ2) is 11.5. The van der Waals surface area contributed by atoms with E-state index in [0.717, 1.165) is 34.3 Å². The summed E-state index contributed by atoms with van der Waals surface area (Å²) in [6, 6.07) is -4.26. The summed E-state index contributed by atoms with van der Waals surface area (Å²) in [5, 5.41) is 8.61. The molecule has 3 fully saturated rings. The number of carbonyl (C=O) groups is 5. The molecule has 1 aliphatic heterocycles. The third-order valence-corrected chi connectivity index (χ3v) is 9.26. The lowest BCUT2D eigenvalue weighted by Crippen LogP contribution is -2.67. The van der Waals surface area contributed by atoms with Crippen LogP contribution in [0.1, 0.15) is 81.1 Å². The average Bonchev–Trinajstić information content (AvgIpc) is 3.17. The molecule has 1 heterocycles. The monoisotopic (exact) mass is 592 g/mol. The molecular weight excluding hydrogens is 544 g/mol. The fourth-order valence-electron chi connectivity index (χ4n) is 6.32. The Morgan fingerprint density at radius 2 is 1.55 bits per heavy atom. The number of nitrogens with two attached hydrogens (primary N) is 4. The minimum absolute atomic E-state index is 0.0135. The third-order valence-electron chi connectivity index (χ3n) is 9.26. The number of carbonyl (C=O) groups excluding carboxylic acids is 5. The number of piperidine rings is 1. The maximum atomic E-state index is 14.3. The Hall–Kier alpha value is -3.17. The molecule has 0 spiro atoms. The van der Waals surface area contributed by atoms with E-state index in [2.05, 4.69) is 10.3 Å². The molecule has 8 N–H and O–H groups in total. The van der Waals surface area contributed by atoms with E-state index < -0.39 is 58.6 Å². The van der Waals surface area contributed by atoms with Crippen molar-refractivity contribution in [2.45, 2.75) is 105 Å². The van der Waals surface area contributed by atoms with Crippen molar-refractivity contribution < 1.29 is 24.0 Å². The molecular formula is C27H48N10O5. The smallest absolute Gasteiger partial charge is 0.328 e. The molecule has 236 valence electrons. The minimum Gasteiger partial charge on any atom is -0.328 e. The predicted octanol–water partition coefficient (Wildman–Crippen LogP) is 0.837. The van der Waals surface area contributed by atoms with Crippen LogP contribution in [0.4, 0.5) is 4.79 Å². The van der Waals surface area contributed by atoms with Crippen LogP contribution in [0.15, 0.2) is 10.3 Å². The number of amides is 5. The first-order valence-electron chi connectivity index (χ1n) is 14.4. The predicted molar refractivity (Wildman–Crippen MR) is 153 cm³/mol. The van der Waals surface area contributed by atoms with Gasteiger partial charge in [-0.15, -0.1) is 0 Å². The molecule has 1 saturated heterocycles. The van der Waals surface area contributed by atoms with Gasteiger partial charge in [0.1, 0.15) is 18.1 Å². The summed E-state index contributed by atoms with van der Waals surface area (Å²) in [5.41, 5.74) is -1.90. The Kier molecular flexibility index (Phi) is 9.12. The molecule has 1 unspecified atom stereocenters. The van der Waals surface area contributed by atoms with E-state index in [-0.39, 0.29) is 36.1 Å². The van der Waals surface area contributed by atoms with Crippen molar-refractivity contribution in [3.05, 3.63) is 0 Å². The van der Waals surface area contributed by atoms with E-state index in [1.54, 1.807) is 41.5 Å². The summed E-state index contributed by atoms with van der Waals surface area (Å²) in [5.74, 6) is 20.1. The molecule has 3 rings (SSSR count). The Balaban J connectivity index is 1.96. The molecule has 0 radical (unpaired) electrons. The van der Waals surface area contributed by atoms with E-state index >= 15 is 0 Å². The van der Waals surface area contributed by atoms with Crippen LogP contribution in [-0.4, -0.2) is 79.7 Å². The first-order chi connectivity index (χ1) is 19.2. The molecule has 2 saturated carbocycles. The van der Waals surface area contributed by atoms with Gasteiger partial charge in [0.2, 0.25) is 11.7 Å². The summed E-state index contributed by atoms with van der Waals surface area (Å²) >= 11 is 0. The second-order valence-corrected chi connectivity index (χ2v) is 14.6. The molecule has 0 aromatic carbocycles. The van der Waals surface area contributed by atoms with Crippen LogP contribution in [0.25, 0.3) is 0 Å². The Labute approximate surface area is 247 Å². The summed E-state index contributed by atoms with van der Waals surface area (Å²) in [6.45, 7) is 14.7. The van der Waals surface area contributed by atoms with Crippen molar-refractivity contribution in [1.29, 1.82) is 0 Å². The first-order valence-corrected chi connectivity index (χ1v) is 14.4. The molecule has 5 atom stereocenters. The lowest BCUT2D eigenvalue weighted by atomic mass is 9.80. The molecule has 42 heavy (non-hydrogen) atoms. The average molecular weight is 593 g/mol. The quantitative estimate of drug-likeness (QED) is 0.103. The number of likely N-dealkylation sites (tertiary alicyclic amines) is 1. The summed E-state index contributed by atoms with van der Waals surface area (Å²) in [4.78, 5) is 68.5. The SMILES string of the molecule is CC(C)(C)[C@@H](C(=O)N1C[C@H]2[C@@H]([C@H]1C(=O)N(N)C(CC1CCC1)C(=O)C(=O)N=NN)C2(C)C)N(N)C(=O)N(N)C(C)(C)C. The fourth-order valence-corrected chi connectivity index (χ4v) is 6.32. The van der Waals surface area contributed by atoms with Crippen LogP contribution in [0.2, 0.25) is 0 Å². The van der Waals surface area contributed by atoms with Crippen LogP contribution < -0.4 is 23.4 Å². The molecule has 0 aromatic rings. The minimum atomic E-state index is -1.29. The Morgan fingerprint density at radius 3 is 2.00 bits per heavy atom. The highest BCUT2D eigenvalue weighted by Crippen LogP contribution is 2.65. The van der Waals surface area contributed by atoms with Gasteiger partial charge in [-0.25, -0.2) is 27.3 Å². The van der Waals surface area contributed by atoms with Crippen molar-refractivity contribution in [3.63, 3.8) is 0 Å².